The molecule has 0 amide bonds. The SMILES string of the molecule is Fc1c(Br)cccc1-c1nc(Cl)nc2[nH]ncc12. The molecule has 3 rings (SSSR count). The first-order valence-electron chi connectivity index (χ1n) is 4.98. The van der Waals surface area contributed by atoms with E-state index < -0.39 is 5.82 Å². The van der Waals surface area contributed by atoms with E-state index in [0.29, 0.717) is 26.8 Å². The zero-order valence-electron chi connectivity index (χ0n) is 8.78. The number of benzene rings is 1. The molecule has 0 atom stereocenters. The van der Waals surface area contributed by atoms with Crippen molar-refractivity contribution < 1.29 is 4.39 Å². The lowest BCUT2D eigenvalue weighted by Gasteiger charge is -2.05. The summed E-state index contributed by atoms with van der Waals surface area (Å²) >= 11 is 8.96. The Bertz CT molecular complexity index is 743. The Morgan fingerprint density at radius 3 is 2.94 bits per heavy atom. The van der Waals surface area contributed by atoms with Crippen LogP contribution in [0.15, 0.2) is 28.9 Å². The molecule has 0 unspecified atom stereocenters. The normalized spacial score (nSPS) is 11.1. The van der Waals surface area contributed by atoms with Gasteiger partial charge >= 0.3 is 0 Å². The second-order valence-electron chi connectivity index (χ2n) is 3.57. The number of hydrogen-bond donors (Lipinski definition) is 1. The standard InChI is InChI=1S/C11H5BrClFN4/c12-7-3-1-2-5(8(7)14)9-6-4-15-18-10(6)17-11(13)16-9/h1-4H,(H,15,16,17,18). The second kappa shape index (κ2) is 4.29. The lowest BCUT2D eigenvalue weighted by atomic mass is 10.1. The summed E-state index contributed by atoms with van der Waals surface area (Å²) in [7, 11) is 0. The minimum Gasteiger partial charge on any atom is -0.261 e. The molecule has 7 heteroatoms. The number of aromatic nitrogens is 4. The summed E-state index contributed by atoms with van der Waals surface area (Å²) in [6, 6.07) is 4.98. The van der Waals surface area contributed by atoms with Crippen LogP contribution in [0.25, 0.3) is 22.3 Å². The van der Waals surface area contributed by atoms with Crippen LogP contribution in [0.5, 0.6) is 0 Å². The molecule has 90 valence electrons. The fraction of sp³-hybridized carbons (Fsp3) is 0. The number of fused-ring (bicyclic) bond motifs is 1. The summed E-state index contributed by atoms with van der Waals surface area (Å²) in [5.41, 5.74) is 1.24. The Morgan fingerprint density at radius 1 is 1.28 bits per heavy atom. The fourth-order valence-corrected chi connectivity index (χ4v) is 2.23. The highest BCUT2D eigenvalue weighted by Gasteiger charge is 2.15. The van der Waals surface area contributed by atoms with Gasteiger partial charge in [-0.15, -0.1) is 0 Å². The summed E-state index contributed by atoms with van der Waals surface area (Å²) in [5, 5.41) is 7.21. The summed E-state index contributed by atoms with van der Waals surface area (Å²) < 4.78 is 14.4. The maximum Gasteiger partial charge on any atom is 0.224 e. The maximum absolute atomic E-state index is 14.1. The number of aromatic amines is 1. The number of nitrogens with one attached hydrogen (secondary N) is 1. The highest BCUT2D eigenvalue weighted by atomic mass is 79.9. The van der Waals surface area contributed by atoms with Crippen LogP contribution in [0.2, 0.25) is 5.28 Å². The van der Waals surface area contributed by atoms with Crippen molar-refractivity contribution >= 4 is 38.6 Å². The van der Waals surface area contributed by atoms with Gasteiger partial charge in [-0.2, -0.15) is 10.1 Å². The monoisotopic (exact) mass is 326 g/mol. The third-order valence-corrected chi connectivity index (χ3v) is 3.27. The number of H-pyrrole nitrogens is 1. The van der Waals surface area contributed by atoms with Crippen LogP contribution in [-0.4, -0.2) is 20.2 Å². The fourth-order valence-electron chi connectivity index (χ4n) is 1.70. The van der Waals surface area contributed by atoms with Crippen molar-refractivity contribution in [1.29, 1.82) is 0 Å². The van der Waals surface area contributed by atoms with Crippen molar-refractivity contribution in [3.8, 4) is 11.3 Å². The molecule has 2 heterocycles. The van der Waals surface area contributed by atoms with E-state index in [9.17, 15) is 4.39 Å². The van der Waals surface area contributed by atoms with E-state index in [1.807, 2.05) is 0 Å². The molecule has 4 nitrogen and oxygen atoms in total. The summed E-state index contributed by atoms with van der Waals surface area (Å²) in [4.78, 5) is 8.06. The summed E-state index contributed by atoms with van der Waals surface area (Å²) in [6.45, 7) is 0. The molecular weight excluding hydrogens is 323 g/mol. The van der Waals surface area contributed by atoms with Gasteiger partial charge in [0.2, 0.25) is 5.28 Å². The van der Waals surface area contributed by atoms with Gasteiger partial charge in [0.1, 0.15) is 5.82 Å². The number of halogens is 3. The van der Waals surface area contributed by atoms with Crippen LogP contribution in [0, 0.1) is 5.82 Å². The Labute approximate surface area is 114 Å². The van der Waals surface area contributed by atoms with Gasteiger partial charge in [-0.25, -0.2) is 9.37 Å². The number of nitrogens with zero attached hydrogens (tertiary/aromatic N) is 3. The molecular formula is C11H5BrClFN4. The van der Waals surface area contributed by atoms with Crippen molar-refractivity contribution in [1.82, 2.24) is 20.2 Å². The highest BCUT2D eigenvalue weighted by Crippen LogP contribution is 2.31. The van der Waals surface area contributed by atoms with Crippen molar-refractivity contribution in [3.05, 3.63) is 40.0 Å². The Kier molecular flexibility index (Phi) is 2.76. The quantitative estimate of drug-likeness (QED) is 0.695. The average Bonchev–Trinajstić information content (AvgIpc) is 2.79. The van der Waals surface area contributed by atoms with E-state index in [4.69, 9.17) is 11.6 Å². The van der Waals surface area contributed by atoms with Crippen LogP contribution in [0.4, 0.5) is 4.39 Å². The Morgan fingerprint density at radius 2 is 2.11 bits per heavy atom. The molecule has 0 radical (unpaired) electrons. The molecule has 0 spiro atoms. The van der Waals surface area contributed by atoms with Crippen LogP contribution in [0.3, 0.4) is 0 Å². The minimum absolute atomic E-state index is 0.0427. The maximum atomic E-state index is 14.1. The van der Waals surface area contributed by atoms with Crippen molar-refractivity contribution in [2.45, 2.75) is 0 Å². The van der Waals surface area contributed by atoms with Crippen LogP contribution in [-0.2, 0) is 0 Å². The molecule has 1 aromatic carbocycles. The Hall–Kier alpha value is -1.53. The molecule has 2 aromatic heterocycles. The first-order valence-corrected chi connectivity index (χ1v) is 6.15. The smallest absolute Gasteiger partial charge is 0.224 e. The molecule has 0 aliphatic carbocycles. The van der Waals surface area contributed by atoms with Gasteiger partial charge in [-0.05, 0) is 39.7 Å². The third kappa shape index (κ3) is 1.77. The van der Waals surface area contributed by atoms with Crippen LogP contribution in [0.1, 0.15) is 0 Å². The zero-order chi connectivity index (χ0) is 12.7. The highest BCUT2D eigenvalue weighted by molar-refractivity contribution is 9.10. The van der Waals surface area contributed by atoms with E-state index in [0.717, 1.165) is 0 Å². The van der Waals surface area contributed by atoms with Gasteiger partial charge in [0.05, 0.1) is 21.7 Å². The molecule has 0 fully saturated rings. The lowest BCUT2D eigenvalue weighted by Crippen LogP contribution is -1.93. The third-order valence-electron chi connectivity index (χ3n) is 2.49. The molecule has 1 N–H and O–H groups in total. The topological polar surface area (TPSA) is 54.5 Å². The summed E-state index contributed by atoms with van der Waals surface area (Å²) in [5.74, 6) is -0.394. The van der Waals surface area contributed by atoms with Crippen LogP contribution >= 0.6 is 27.5 Å². The van der Waals surface area contributed by atoms with Gasteiger partial charge in [0.25, 0.3) is 0 Å². The van der Waals surface area contributed by atoms with E-state index in [1.165, 1.54) is 0 Å². The van der Waals surface area contributed by atoms with Gasteiger partial charge < -0.3 is 0 Å². The first-order chi connectivity index (χ1) is 8.66. The predicted octanol–water partition coefficient (Wildman–Crippen LogP) is 3.57. The van der Waals surface area contributed by atoms with Crippen molar-refractivity contribution in [3.63, 3.8) is 0 Å². The summed E-state index contributed by atoms with van der Waals surface area (Å²) in [6.07, 6.45) is 1.54. The van der Waals surface area contributed by atoms with Crippen molar-refractivity contribution in [2.75, 3.05) is 0 Å². The largest absolute Gasteiger partial charge is 0.261 e. The van der Waals surface area contributed by atoms with Gasteiger partial charge in [-0.1, -0.05) is 6.07 Å². The van der Waals surface area contributed by atoms with Crippen LogP contribution < -0.4 is 0 Å². The van der Waals surface area contributed by atoms with Gasteiger partial charge in [0.15, 0.2) is 5.65 Å². The van der Waals surface area contributed by atoms with E-state index in [-0.39, 0.29) is 5.28 Å². The average molecular weight is 328 g/mol. The molecule has 0 saturated heterocycles. The molecule has 0 aliphatic heterocycles. The van der Waals surface area contributed by atoms with E-state index in [1.54, 1.807) is 24.4 Å². The molecule has 0 bridgehead atoms. The number of rotatable bonds is 1. The molecule has 18 heavy (non-hydrogen) atoms. The van der Waals surface area contributed by atoms with E-state index >= 15 is 0 Å². The Balaban J connectivity index is 2.37. The lowest BCUT2D eigenvalue weighted by molar-refractivity contribution is 0.624. The number of hydrogen-bond acceptors (Lipinski definition) is 3. The molecule has 3 aromatic rings. The van der Waals surface area contributed by atoms with E-state index in [2.05, 4.69) is 36.1 Å². The van der Waals surface area contributed by atoms with Crippen molar-refractivity contribution in [2.24, 2.45) is 0 Å². The van der Waals surface area contributed by atoms with Gasteiger partial charge in [0, 0.05) is 5.56 Å². The second-order valence-corrected chi connectivity index (χ2v) is 4.77. The zero-order valence-corrected chi connectivity index (χ0v) is 11.1. The minimum atomic E-state index is -0.394. The molecule has 0 saturated carbocycles. The predicted molar refractivity (Wildman–Crippen MR) is 69.8 cm³/mol. The first kappa shape index (κ1) is 11.6. The molecule has 0 aliphatic rings. The van der Waals surface area contributed by atoms with Gasteiger partial charge in [-0.3, -0.25) is 5.10 Å².